The minimum atomic E-state index is -4.54. The van der Waals surface area contributed by atoms with Crippen molar-refractivity contribution in [2.45, 2.75) is 49.6 Å². The van der Waals surface area contributed by atoms with E-state index in [1.165, 1.54) is 12.8 Å². The average molecular weight is 526 g/mol. The molecule has 3 aromatic rings. The number of halogens is 3. The fourth-order valence-electron chi connectivity index (χ4n) is 5.82. The van der Waals surface area contributed by atoms with Crippen LogP contribution in [0.5, 0.6) is 11.6 Å². The van der Waals surface area contributed by atoms with Crippen LogP contribution in [0.1, 0.15) is 66.3 Å². The number of hydrogen-bond donors (Lipinski definition) is 1. The largest absolute Gasteiger partial charge is 0.438 e. The first-order chi connectivity index (χ1) is 18.2. The summed E-state index contributed by atoms with van der Waals surface area (Å²) in [5.41, 5.74) is 0.250. The van der Waals surface area contributed by atoms with Gasteiger partial charge in [0.05, 0.1) is 12.4 Å². The zero-order valence-electron chi connectivity index (χ0n) is 20.5. The molecule has 0 radical (unpaired) electrons. The smallest absolute Gasteiger partial charge is 0.434 e. The Balaban J connectivity index is 0.862. The Bertz CT molecular complexity index is 1330. The number of likely N-dealkylation sites (tertiary alicyclic amines) is 2. The molecule has 2 saturated carbocycles. The zero-order chi connectivity index (χ0) is 26.1. The molecule has 4 fully saturated rings. The first kappa shape index (κ1) is 23.4. The van der Waals surface area contributed by atoms with Crippen LogP contribution in [0.4, 0.5) is 18.0 Å². The molecule has 7 rings (SSSR count). The Kier molecular flexibility index (Phi) is 5.18. The van der Waals surface area contributed by atoms with Crippen LogP contribution in [-0.4, -0.2) is 67.2 Å². The molecule has 12 heteroatoms. The molecule has 0 unspecified atom stereocenters. The van der Waals surface area contributed by atoms with E-state index in [1.54, 1.807) is 12.1 Å². The van der Waals surface area contributed by atoms with Crippen molar-refractivity contribution in [3.63, 3.8) is 0 Å². The summed E-state index contributed by atoms with van der Waals surface area (Å²) < 4.78 is 43.4. The van der Waals surface area contributed by atoms with Crippen LogP contribution in [0, 0.1) is 5.41 Å². The van der Waals surface area contributed by atoms with E-state index in [0.29, 0.717) is 36.9 Å². The summed E-state index contributed by atoms with van der Waals surface area (Å²) in [6.07, 6.45) is 1.57. The van der Waals surface area contributed by atoms with E-state index in [4.69, 9.17) is 9.72 Å². The molecular weight excluding hydrogens is 499 g/mol. The lowest BCUT2D eigenvalue weighted by Gasteiger charge is -2.59. The number of ether oxygens (including phenoxy) is 1. The Morgan fingerprint density at radius 1 is 0.974 bits per heavy atom. The second-order valence-corrected chi connectivity index (χ2v) is 11.1. The van der Waals surface area contributed by atoms with Gasteiger partial charge in [0.2, 0.25) is 5.88 Å². The second-order valence-electron chi connectivity index (χ2n) is 11.1. The van der Waals surface area contributed by atoms with E-state index in [2.05, 4.69) is 20.2 Å². The van der Waals surface area contributed by atoms with Gasteiger partial charge in [0.15, 0.2) is 11.5 Å². The van der Waals surface area contributed by atoms with Gasteiger partial charge >= 0.3 is 12.2 Å². The van der Waals surface area contributed by atoms with E-state index in [1.807, 2.05) is 21.9 Å². The van der Waals surface area contributed by atoms with Gasteiger partial charge in [-0.3, -0.25) is 5.10 Å². The third-order valence-corrected chi connectivity index (χ3v) is 8.18. The highest BCUT2D eigenvalue weighted by Crippen LogP contribution is 2.56. The van der Waals surface area contributed by atoms with Crippen molar-refractivity contribution < 1.29 is 22.7 Å². The number of carbonyl (C=O) groups excluding carboxylic acids is 1. The normalized spacial score (nSPS) is 21.1. The summed E-state index contributed by atoms with van der Waals surface area (Å²) in [6, 6.07) is 7.40. The Morgan fingerprint density at radius 2 is 1.71 bits per heavy atom. The van der Waals surface area contributed by atoms with Gasteiger partial charge in [-0.15, -0.1) is 0 Å². The van der Waals surface area contributed by atoms with Gasteiger partial charge in [-0.1, -0.05) is 12.1 Å². The monoisotopic (exact) mass is 525 g/mol. The van der Waals surface area contributed by atoms with Crippen LogP contribution in [-0.2, 0) is 6.18 Å². The lowest BCUT2D eigenvalue weighted by Crippen LogP contribution is -2.67. The predicted octanol–water partition coefficient (Wildman–Crippen LogP) is 4.68. The maximum atomic E-state index is 12.9. The fourth-order valence-corrected chi connectivity index (χ4v) is 5.82. The van der Waals surface area contributed by atoms with Crippen LogP contribution >= 0.6 is 0 Å². The van der Waals surface area contributed by atoms with Crippen molar-refractivity contribution in [3.8, 4) is 11.6 Å². The highest BCUT2D eigenvalue weighted by atomic mass is 19.4. The molecule has 2 saturated heterocycles. The Labute approximate surface area is 216 Å². The molecule has 1 aromatic carbocycles. The van der Waals surface area contributed by atoms with Crippen molar-refractivity contribution in [2.75, 3.05) is 26.2 Å². The maximum Gasteiger partial charge on any atom is 0.434 e. The molecule has 198 valence electrons. The third kappa shape index (κ3) is 4.25. The van der Waals surface area contributed by atoms with E-state index in [-0.39, 0.29) is 23.2 Å². The molecule has 2 aromatic heterocycles. The predicted molar refractivity (Wildman–Crippen MR) is 128 cm³/mol. The summed E-state index contributed by atoms with van der Waals surface area (Å²) in [7, 11) is 0. The average Bonchev–Trinajstić information content (AvgIpc) is 3.55. The molecule has 0 atom stereocenters. The fraction of sp³-hybridized carbons (Fsp3) is 0.500. The molecule has 1 N–H and O–H groups in total. The van der Waals surface area contributed by atoms with Crippen molar-refractivity contribution in [2.24, 2.45) is 5.41 Å². The number of H-pyrrole nitrogens is 1. The summed E-state index contributed by atoms with van der Waals surface area (Å²) in [5, 5.41) is 7.52. The first-order valence-electron chi connectivity index (χ1n) is 12.9. The lowest BCUT2D eigenvalue weighted by atomic mass is 9.57. The summed E-state index contributed by atoms with van der Waals surface area (Å²) in [6.45, 7) is 2.94. The number of rotatable bonds is 5. The van der Waals surface area contributed by atoms with Crippen molar-refractivity contribution in [1.29, 1.82) is 0 Å². The van der Waals surface area contributed by atoms with Gasteiger partial charge in [-0.2, -0.15) is 18.3 Å². The molecule has 2 aliphatic heterocycles. The minimum Gasteiger partial charge on any atom is -0.438 e. The topological polar surface area (TPSA) is 100 Å². The number of aromatic nitrogens is 5. The number of nitrogens with one attached hydrogen (secondary N) is 1. The van der Waals surface area contributed by atoms with Gasteiger partial charge in [-0.25, -0.2) is 19.7 Å². The van der Waals surface area contributed by atoms with Gasteiger partial charge < -0.3 is 14.5 Å². The number of urea groups is 1. The zero-order valence-corrected chi connectivity index (χ0v) is 20.5. The number of nitrogens with zero attached hydrogens (tertiary/aromatic N) is 6. The molecule has 4 aliphatic rings. The Morgan fingerprint density at radius 3 is 2.34 bits per heavy atom. The molecule has 9 nitrogen and oxygen atoms in total. The summed E-state index contributed by atoms with van der Waals surface area (Å²) in [5.74, 6) is 3.65. The molecule has 2 amide bonds. The van der Waals surface area contributed by atoms with Crippen LogP contribution in [0.15, 0.2) is 36.7 Å². The molecule has 38 heavy (non-hydrogen) atoms. The number of alkyl halides is 3. The number of carbonyl (C=O) groups is 1. The van der Waals surface area contributed by atoms with E-state index >= 15 is 0 Å². The molecule has 2 aliphatic carbocycles. The maximum absolute atomic E-state index is 12.9. The van der Waals surface area contributed by atoms with Crippen LogP contribution in [0.25, 0.3) is 0 Å². The van der Waals surface area contributed by atoms with Crippen molar-refractivity contribution in [1.82, 2.24) is 34.9 Å². The molecular formula is C26H26F3N7O2. The van der Waals surface area contributed by atoms with Crippen LogP contribution in [0.3, 0.4) is 0 Å². The van der Waals surface area contributed by atoms with Gasteiger partial charge in [-0.05, 0) is 43.4 Å². The van der Waals surface area contributed by atoms with E-state index in [0.717, 1.165) is 49.3 Å². The van der Waals surface area contributed by atoms with Crippen LogP contribution in [0.2, 0.25) is 0 Å². The van der Waals surface area contributed by atoms with Gasteiger partial charge in [0, 0.05) is 49.3 Å². The standard InChI is InChI=1S/C26H26F3N7O2/c27-26(28,29)20-9-31-21(10-30-20)38-19-5-3-15(4-6-19)18-11-35(12-18)24(37)36-13-25(14-36)7-17(8-25)23-32-22(33-34-23)16-1-2-16/h3-6,9-10,16-18H,1-2,7-8,11-14H2,(H,32,33,34). The quantitative estimate of drug-likeness (QED) is 0.519. The third-order valence-electron chi connectivity index (χ3n) is 8.18. The molecule has 0 bridgehead atoms. The highest BCUT2D eigenvalue weighted by molar-refractivity contribution is 5.77. The summed E-state index contributed by atoms with van der Waals surface area (Å²) >= 11 is 0. The number of benzene rings is 1. The second kappa shape index (κ2) is 8.40. The van der Waals surface area contributed by atoms with Gasteiger partial charge in [0.1, 0.15) is 11.6 Å². The minimum absolute atomic E-state index is 0.0140. The molecule has 4 heterocycles. The van der Waals surface area contributed by atoms with Crippen molar-refractivity contribution >= 4 is 6.03 Å². The number of hydrogen-bond acceptors (Lipinski definition) is 6. The Hall–Kier alpha value is -3.70. The SMILES string of the molecule is O=C(N1CC(c2ccc(Oc3cnc(C(F)(F)F)cn3)cc2)C1)N1CC2(CC(c3n[nH]c(C4CC4)n3)C2)C1. The van der Waals surface area contributed by atoms with E-state index in [9.17, 15) is 18.0 Å². The summed E-state index contributed by atoms with van der Waals surface area (Å²) in [4.78, 5) is 28.5. The highest BCUT2D eigenvalue weighted by Gasteiger charge is 2.56. The lowest BCUT2D eigenvalue weighted by molar-refractivity contribution is -0.141. The molecule has 1 spiro atoms. The van der Waals surface area contributed by atoms with Crippen LogP contribution < -0.4 is 4.74 Å². The van der Waals surface area contributed by atoms with Crippen molar-refractivity contribution in [3.05, 3.63) is 59.6 Å². The number of amides is 2. The first-order valence-corrected chi connectivity index (χ1v) is 12.9. The van der Waals surface area contributed by atoms with Gasteiger partial charge in [0.25, 0.3) is 0 Å². The number of aromatic amines is 1. The van der Waals surface area contributed by atoms with E-state index < -0.39 is 11.9 Å².